The Balaban J connectivity index is 1.54. The molecule has 1 aromatic carbocycles. The lowest BCUT2D eigenvalue weighted by Crippen LogP contribution is -2.66. The number of methoxy groups -OCH3 is 1. The van der Waals surface area contributed by atoms with E-state index in [0.717, 1.165) is 32.1 Å². The molecule has 3 aromatic rings. The van der Waals surface area contributed by atoms with Gasteiger partial charge in [-0.1, -0.05) is 0 Å². The van der Waals surface area contributed by atoms with E-state index < -0.39 is 11.8 Å². The molecule has 4 heterocycles. The third-order valence-corrected chi connectivity index (χ3v) is 5.52. The van der Waals surface area contributed by atoms with Crippen LogP contribution in [-0.4, -0.2) is 54.5 Å². The van der Waals surface area contributed by atoms with Crippen molar-refractivity contribution in [1.29, 1.82) is 0 Å². The first-order valence-electron chi connectivity index (χ1n) is 8.92. The Labute approximate surface area is 159 Å². The van der Waals surface area contributed by atoms with E-state index in [2.05, 4.69) is 14.9 Å². The van der Waals surface area contributed by atoms with Crippen LogP contribution in [-0.2, 0) is 4.74 Å². The van der Waals surface area contributed by atoms with E-state index in [4.69, 9.17) is 9.47 Å². The molecule has 2 saturated heterocycles. The number of hydrogen-bond acceptors (Lipinski definition) is 5. The molecule has 0 atom stereocenters. The maximum absolute atomic E-state index is 14.7. The van der Waals surface area contributed by atoms with Gasteiger partial charge in [-0.05, 0) is 24.3 Å². The summed E-state index contributed by atoms with van der Waals surface area (Å²) in [5.74, 6) is -0.481. The zero-order valence-electron chi connectivity index (χ0n) is 15.2. The predicted molar refractivity (Wildman–Crippen MR) is 100 cm³/mol. The van der Waals surface area contributed by atoms with Gasteiger partial charge in [0.15, 0.2) is 0 Å². The lowest BCUT2D eigenvalue weighted by molar-refractivity contribution is -0.127. The average Bonchev–Trinajstić information content (AvgIpc) is 3.01. The highest BCUT2D eigenvalue weighted by molar-refractivity contribution is 6.04. The van der Waals surface area contributed by atoms with Crippen LogP contribution >= 0.6 is 0 Å². The van der Waals surface area contributed by atoms with Crippen molar-refractivity contribution in [2.45, 2.75) is 0 Å². The maximum Gasteiger partial charge on any atom is 0.337 e. The molecule has 8 heteroatoms. The van der Waals surface area contributed by atoms with Crippen LogP contribution in [0.25, 0.3) is 22.0 Å². The number of halogens is 1. The van der Waals surface area contributed by atoms with Crippen molar-refractivity contribution in [1.82, 2.24) is 9.97 Å². The number of hydrogen-bond donors (Lipinski definition) is 2. The monoisotopic (exact) mass is 383 g/mol. The zero-order chi connectivity index (χ0) is 19.5. The Bertz CT molecular complexity index is 1100. The Kier molecular flexibility index (Phi) is 3.60. The number of nitrogens with zero attached hydrogens (tertiary/aromatic N) is 2. The normalized spacial score (nSPS) is 17.4. The fraction of sp³-hybridized carbons (Fsp3) is 0.300. The van der Waals surface area contributed by atoms with E-state index in [1.54, 1.807) is 6.07 Å². The van der Waals surface area contributed by atoms with Crippen molar-refractivity contribution < 1.29 is 23.8 Å². The van der Waals surface area contributed by atoms with Crippen LogP contribution in [0.5, 0.6) is 5.88 Å². The maximum atomic E-state index is 14.7. The summed E-state index contributed by atoms with van der Waals surface area (Å²) in [5.41, 5.74) is 1.50. The van der Waals surface area contributed by atoms with Crippen LogP contribution in [0.15, 0.2) is 30.5 Å². The van der Waals surface area contributed by atoms with Crippen LogP contribution in [0.3, 0.4) is 0 Å². The molecule has 0 bridgehead atoms. The second-order valence-corrected chi connectivity index (χ2v) is 7.46. The molecule has 7 nitrogen and oxygen atoms in total. The predicted octanol–water partition coefficient (Wildman–Crippen LogP) is 2.91. The fourth-order valence-corrected chi connectivity index (χ4v) is 3.99. The Hall–Kier alpha value is -3.13. The van der Waals surface area contributed by atoms with Crippen LogP contribution in [0.1, 0.15) is 10.4 Å². The molecule has 0 amide bonds. The fourth-order valence-electron chi connectivity index (χ4n) is 3.99. The van der Waals surface area contributed by atoms with Gasteiger partial charge in [0.25, 0.3) is 0 Å². The molecule has 0 saturated carbocycles. The lowest BCUT2D eigenvalue weighted by atomic mass is 9.78. The topological polar surface area (TPSA) is 87.7 Å². The number of benzene rings is 1. The largest absolute Gasteiger partial charge is 0.480 e. The summed E-state index contributed by atoms with van der Waals surface area (Å²) < 4.78 is 25.5. The number of fused-ring (bicyclic) bond motifs is 1. The molecule has 5 rings (SSSR count). The van der Waals surface area contributed by atoms with Crippen LogP contribution in [0.4, 0.5) is 10.2 Å². The van der Waals surface area contributed by atoms with Crippen molar-refractivity contribution in [2.75, 3.05) is 38.3 Å². The second kappa shape index (κ2) is 5.93. The smallest absolute Gasteiger partial charge is 0.337 e. The van der Waals surface area contributed by atoms with E-state index >= 15 is 0 Å². The van der Waals surface area contributed by atoms with Crippen molar-refractivity contribution in [3.63, 3.8) is 0 Å². The third kappa shape index (κ3) is 2.45. The van der Waals surface area contributed by atoms with Gasteiger partial charge in [-0.25, -0.2) is 9.18 Å². The SMILES string of the molecule is COc1nc(N2CC3(COC3)C2)ccc1-c1cc2c(C(=O)O)c[nH]c2cc1F. The number of ether oxygens (including phenoxy) is 2. The van der Waals surface area contributed by atoms with E-state index in [9.17, 15) is 14.3 Å². The van der Waals surface area contributed by atoms with E-state index in [1.807, 2.05) is 6.07 Å². The molecule has 28 heavy (non-hydrogen) atoms. The van der Waals surface area contributed by atoms with E-state index in [0.29, 0.717) is 22.3 Å². The van der Waals surface area contributed by atoms with Gasteiger partial charge >= 0.3 is 5.97 Å². The van der Waals surface area contributed by atoms with Crippen LogP contribution < -0.4 is 9.64 Å². The summed E-state index contributed by atoms with van der Waals surface area (Å²) in [4.78, 5) is 20.9. The summed E-state index contributed by atoms with van der Waals surface area (Å²) in [6.07, 6.45) is 1.36. The summed E-state index contributed by atoms with van der Waals surface area (Å²) in [7, 11) is 1.49. The number of nitrogens with one attached hydrogen (secondary N) is 1. The number of aromatic nitrogens is 2. The molecule has 0 unspecified atom stereocenters. The van der Waals surface area contributed by atoms with E-state index in [1.165, 1.54) is 25.4 Å². The number of anilines is 1. The average molecular weight is 383 g/mol. The summed E-state index contributed by atoms with van der Waals surface area (Å²) in [6, 6.07) is 6.41. The van der Waals surface area contributed by atoms with Crippen molar-refractivity contribution in [3.05, 3.63) is 41.8 Å². The van der Waals surface area contributed by atoms with Crippen LogP contribution in [0, 0.1) is 11.2 Å². The summed E-state index contributed by atoms with van der Waals surface area (Å²) >= 11 is 0. The molecule has 0 aliphatic carbocycles. The minimum atomic E-state index is -1.07. The number of carboxylic acid groups (broad SMARTS) is 1. The first-order chi connectivity index (χ1) is 13.5. The molecule has 2 aliphatic rings. The highest BCUT2D eigenvalue weighted by Gasteiger charge is 2.49. The molecule has 1 spiro atoms. The zero-order valence-corrected chi connectivity index (χ0v) is 15.2. The minimum absolute atomic E-state index is 0.0911. The van der Waals surface area contributed by atoms with E-state index in [-0.39, 0.29) is 16.5 Å². The molecule has 0 radical (unpaired) electrons. The number of rotatable bonds is 4. The molecular formula is C20H18FN3O4. The first-order valence-corrected chi connectivity index (χ1v) is 8.92. The number of aromatic carboxylic acids is 1. The highest BCUT2D eigenvalue weighted by Crippen LogP contribution is 2.41. The summed E-state index contributed by atoms with van der Waals surface area (Å²) in [5, 5.41) is 9.77. The van der Waals surface area contributed by atoms with Crippen LogP contribution in [0.2, 0.25) is 0 Å². The van der Waals surface area contributed by atoms with Gasteiger partial charge in [0, 0.05) is 41.3 Å². The molecule has 2 N–H and O–H groups in total. The van der Waals surface area contributed by atoms with Crippen molar-refractivity contribution >= 4 is 22.7 Å². The molecule has 2 fully saturated rings. The van der Waals surface area contributed by atoms with Crippen molar-refractivity contribution in [2.24, 2.45) is 5.41 Å². The Morgan fingerprint density at radius 3 is 2.75 bits per heavy atom. The molecule has 144 valence electrons. The molecule has 2 aliphatic heterocycles. The molecular weight excluding hydrogens is 365 g/mol. The quantitative estimate of drug-likeness (QED) is 0.720. The number of H-pyrrole nitrogens is 1. The van der Waals surface area contributed by atoms with Gasteiger partial charge in [-0.2, -0.15) is 4.98 Å². The Morgan fingerprint density at radius 2 is 2.11 bits per heavy atom. The summed E-state index contributed by atoms with van der Waals surface area (Å²) in [6.45, 7) is 3.33. The molecule has 2 aromatic heterocycles. The first kappa shape index (κ1) is 17.0. The number of carboxylic acids is 1. The number of carbonyl (C=O) groups is 1. The lowest BCUT2D eigenvalue weighted by Gasteiger charge is -2.55. The standard InChI is InChI=1S/C20H18FN3O4/c1-27-18-11(2-3-17(23-18)24-7-20(8-24)9-28-10-20)12-4-13-14(19(25)26)6-22-16(13)5-15(12)21/h2-6,22H,7-10H2,1H3,(H,25,26). The Morgan fingerprint density at radius 1 is 1.32 bits per heavy atom. The van der Waals surface area contributed by atoms with Gasteiger partial charge in [0.05, 0.1) is 31.3 Å². The van der Waals surface area contributed by atoms with Crippen molar-refractivity contribution in [3.8, 4) is 17.0 Å². The number of aromatic amines is 1. The minimum Gasteiger partial charge on any atom is -0.480 e. The van der Waals surface area contributed by atoms with Gasteiger partial charge in [-0.15, -0.1) is 0 Å². The van der Waals surface area contributed by atoms with Gasteiger partial charge in [0.1, 0.15) is 11.6 Å². The van der Waals surface area contributed by atoms with Gasteiger partial charge < -0.3 is 24.5 Å². The number of pyridine rings is 1. The third-order valence-electron chi connectivity index (χ3n) is 5.52. The van der Waals surface area contributed by atoms with Gasteiger partial charge in [-0.3, -0.25) is 0 Å². The second-order valence-electron chi connectivity index (χ2n) is 7.46. The highest BCUT2D eigenvalue weighted by atomic mass is 19.1. The van der Waals surface area contributed by atoms with Gasteiger partial charge in [0.2, 0.25) is 5.88 Å².